The Morgan fingerprint density at radius 2 is 2.29 bits per heavy atom. The number of hydrogen-bond donors (Lipinski definition) is 1. The maximum Gasteiger partial charge on any atom is 0.0504 e. The van der Waals surface area contributed by atoms with Crippen molar-refractivity contribution in [1.82, 2.24) is 0 Å². The maximum absolute atomic E-state index is 5.55. The highest BCUT2D eigenvalue weighted by Gasteiger charge is 1.93. The van der Waals surface area contributed by atoms with E-state index in [1.807, 2.05) is 6.26 Å². The van der Waals surface area contributed by atoms with Crippen molar-refractivity contribution >= 4 is 11.8 Å². The van der Waals surface area contributed by atoms with E-state index in [1.165, 1.54) is 6.42 Å². The minimum absolute atomic E-state index is 0.366. The predicted octanol–water partition coefficient (Wildman–Crippen LogP) is 1.43. The Bertz CT molecular complexity index is 39.1. The van der Waals surface area contributed by atoms with Gasteiger partial charge in [0.15, 0.2) is 0 Å². The molecule has 0 aliphatic rings. The van der Waals surface area contributed by atoms with Gasteiger partial charge in [0.2, 0.25) is 0 Å². The van der Waals surface area contributed by atoms with Crippen LogP contribution in [-0.2, 0) is 0 Å². The normalized spacial score (nSPS) is 14.1. The van der Waals surface area contributed by atoms with Crippen LogP contribution in [-0.4, -0.2) is 11.6 Å². The first-order valence-corrected chi connectivity index (χ1v) is 3.88. The van der Waals surface area contributed by atoms with Gasteiger partial charge in [-0.15, -0.1) is 11.8 Å². The zero-order valence-corrected chi connectivity index (χ0v) is 5.79. The molecule has 2 heteroatoms. The van der Waals surface area contributed by atoms with Gasteiger partial charge in [0.25, 0.3) is 0 Å². The van der Waals surface area contributed by atoms with Crippen LogP contribution >= 0.6 is 11.8 Å². The Labute approximate surface area is 49.7 Å². The van der Waals surface area contributed by atoms with Gasteiger partial charge < -0.3 is 5.73 Å². The molecular formula is C5H13NS. The summed E-state index contributed by atoms with van der Waals surface area (Å²) in [5.74, 6) is 0. The molecule has 0 rings (SSSR count). The summed E-state index contributed by atoms with van der Waals surface area (Å²) in [5.41, 5.74) is 5.55. The van der Waals surface area contributed by atoms with Crippen molar-refractivity contribution in [2.24, 2.45) is 5.73 Å². The molecule has 0 saturated carbocycles. The quantitative estimate of drug-likeness (QED) is 0.569. The molecule has 0 bridgehead atoms. The largest absolute Gasteiger partial charge is 0.319 e. The summed E-state index contributed by atoms with van der Waals surface area (Å²) in [4.78, 5) is 0. The fourth-order valence-corrected chi connectivity index (χ4v) is 0.874. The average Bonchev–Trinajstić information content (AvgIpc) is 1.68. The van der Waals surface area contributed by atoms with Crippen molar-refractivity contribution in [3.63, 3.8) is 0 Å². The molecule has 0 aromatic rings. The van der Waals surface area contributed by atoms with Crippen molar-refractivity contribution in [3.05, 3.63) is 0 Å². The fourth-order valence-electron chi connectivity index (χ4n) is 0.402. The molecule has 0 fully saturated rings. The van der Waals surface area contributed by atoms with Crippen LogP contribution in [0.15, 0.2) is 0 Å². The van der Waals surface area contributed by atoms with E-state index in [-0.39, 0.29) is 0 Å². The molecule has 0 aliphatic heterocycles. The smallest absolute Gasteiger partial charge is 0.0504 e. The Balaban J connectivity index is 2.83. The summed E-state index contributed by atoms with van der Waals surface area (Å²) in [5, 5.41) is 0.366. The third kappa shape index (κ3) is 4.16. The van der Waals surface area contributed by atoms with E-state index in [1.54, 1.807) is 11.8 Å². The van der Waals surface area contributed by atoms with Crippen molar-refractivity contribution in [3.8, 4) is 0 Å². The number of nitrogens with two attached hydrogens (primary N) is 1. The predicted molar refractivity (Wildman–Crippen MR) is 36.4 cm³/mol. The molecule has 0 spiro atoms. The van der Waals surface area contributed by atoms with Crippen LogP contribution in [0.5, 0.6) is 0 Å². The maximum atomic E-state index is 5.55. The monoisotopic (exact) mass is 119 g/mol. The second kappa shape index (κ2) is 4.47. The van der Waals surface area contributed by atoms with Crippen LogP contribution in [0, 0.1) is 0 Å². The van der Waals surface area contributed by atoms with Crippen LogP contribution in [0.4, 0.5) is 0 Å². The zero-order valence-electron chi connectivity index (χ0n) is 4.98. The molecule has 44 valence electrons. The van der Waals surface area contributed by atoms with E-state index in [0.29, 0.717) is 5.37 Å². The van der Waals surface area contributed by atoms with Crippen molar-refractivity contribution in [1.29, 1.82) is 0 Å². The van der Waals surface area contributed by atoms with Crippen LogP contribution in [0.25, 0.3) is 0 Å². The third-order valence-electron chi connectivity index (χ3n) is 0.876. The molecule has 1 atom stereocenters. The SMILES string of the molecule is CCCC(N)SC. The highest BCUT2D eigenvalue weighted by molar-refractivity contribution is 7.99. The number of hydrogen-bond acceptors (Lipinski definition) is 2. The van der Waals surface area contributed by atoms with E-state index >= 15 is 0 Å². The minimum Gasteiger partial charge on any atom is -0.319 e. The summed E-state index contributed by atoms with van der Waals surface area (Å²) >= 11 is 1.73. The molecule has 0 saturated heterocycles. The summed E-state index contributed by atoms with van der Waals surface area (Å²) in [6.07, 6.45) is 4.38. The Morgan fingerprint density at radius 1 is 1.71 bits per heavy atom. The molecule has 1 unspecified atom stereocenters. The summed E-state index contributed by atoms with van der Waals surface area (Å²) in [6, 6.07) is 0. The number of thioether (sulfide) groups is 1. The van der Waals surface area contributed by atoms with Gasteiger partial charge in [0, 0.05) is 0 Å². The minimum atomic E-state index is 0.366. The average molecular weight is 119 g/mol. The van der Waals surface area contributed by atoms with Crippen molar-refractivity contribution in [2.75, 3.05) is 6.26 Å². The highest BCUT2D eigenvalue weighted by Crippen LogP contribution is 2.04. The highest BCUT2D eigenvalue weighted by atomic mass is 32.2. The van der Waals surface area contributed by atoms with Gasteiger partial charge in [-0.2, -0.15) is 0 Å². The first-order chi connectivity index (χ1) is 3.31. The van der Waals surface area contributed by atoms with Crippen LogP contribution in [0.3, 0.4) is 0 Å². The van der Waals surface area contributed by atoms with Gasteiger partial charge in [-0.3, -0.25) is 0 Å². The first kappa shape index (κ1) is 7.31. The standard InChI is InChI=1S/C5H13NS/c1-3-4-5(6)7-2/h5H,3-4,6H2,1-2H3. The number of rotatable bonds is 3. The molecular weight excluding hydrogens is 106 g/mol. The Hall–Kier alpha value is 0.310. The van der Waals surface area contributed by atoms with Gasteiger partial charge in [-0.05, 0) is 12.7 Å². The molecule has 0 heterocycles. The van der Waals surface area contributed by atoms with Crippen molar-refractivity contribution < 1.29 is 0 Å². The lowest BCUT2D eigenvalue weighted by Crippen LogP contribution is -2.13. The van der Waals surface area contributed by atoms with Gasteiger partial charge in [-0.25, -0.2) is 0 Å². The lowest BCUT2D eigenvalue weighted by Gasteiger charge is -2.02. The third-order valence-corrected chi connectivity index (χ3v) is 1.72. The molecule has 1 nitrogen and oxygen atoms in total. The van der Waals surface area contributed by atoms with Crippen molar-refractivity contribution in [2.45, 2.75) is 25.1 Å². The van der Waals surface area contributed by atoms with Gasteiger partial charge in [0.1, 0.15) is 0 Å². The topological polar surface area (TPSA) is 26.0 Å². The molecule has 0 aromatic heterocycles. The van der Waals surface area contributed by atoms with Crippen LogP contribution < -0.4 is 5.73 Å². The summed E-state index contributed by atoms with van der Waals surface area (Å²) in [7, 11) is 0. The van der Waals surface area contributed by atoms with E-state index in [9.17, 15) is 0 Å². The molecule has 7 heavy (non-hydrogen) atoms. The second-order valence-corrected chi connectivity index (χ2v) is 2.64. The van der Waals surface area contributed by atoms with Gasteiger partial charge in [-0.1, -0.05) is 13.3 Å². The Morgan fingerprint density at radius 3 is 2.43 bits per heavy atom. The zero-order chi connectivity index (χ0) is 5.70. The lowest BCUT2D eigenvalue weighted by atomic mass is 10.3. The Kier molecular flexibility index (Phi) is 4.67. The van der Waals surface area contributed by atoms with E-state index in [4.69, 9.17) is 5.73 Å². The van der Waals surface area contributed by atoms with E-state index in [2.05, 4.69) is 6.92 Å². The molecule has 0 aromatic carbocycles. The summed E-state index contributed by atoms with van der Waals surface area (Å²) < 4.78 is 0. The lowest BCUT2D eigenvalue weighted by molar-refractivity contribution is 0.766. The summed E-state index contributed by atoms with van der Waals surface area (Å²) in [6.45, 7) is 2.15. The van der Waals surface area contributed by atoms with E-state index < -0.39 is 0 Å². The first-order valence-electron chi connectivity index (χ1n) is 2.59. The van der Waals surface area contributed by atoms with Crippen LogP contribution in [0.1, 0.15) is 19.8 Å². The van der Waals surface area contributed by atoms with Gasteiger partial charge in [0.05, 0.1) is 5.37 Å². The van der Waals surface area contributed by atoms with E-state index in [0.717, 1.165) is 6.42 Å². The molecule has 0 aliphatic carbocycles. The molecule has 2 N–H and O–H groups in total. The fraction of sp³-hybridized carbons (Fsp3) is 1.00. The van der Waals surface area contributed by atoms with Gasteiger partial charge >= 0.3 is 0 Å². The molecule has 0 radical (unpaired) electrons. The second-order valence-electron chi connectivity index (χ2n) is 1.56. The molecule has 0 amide bonds. The van der Waals surface area contributed by atoms with Crippen LogP contribution in [0.2, 0.25) is 0 Å².